The zero-order valence-electron chi connectivity index (χ0n) is 23.8. The second-order valence-corrected chi connectivity index (χ2v) is 10.7. The Labute approximate surface area is 243 Å². The predicted molar refractivity (Wildman–Crippen MR) is 150 cm³/mol. The molecule has 1 saturated carbocycles. The monoisotopic (exact) mass is 589 g/mol. The van der Waals surface area contributed by atoms with Gasteiger partial charge in [0.2, 0.25) is 11.8 Å². The number of ether oxygens (including phenoxy) is 2. The average Bonchev–Trinajstić information content (AvgIpc) is 3.66. The van der Waals surface area contributed by atoms with Crippen molar-refractivity contribution in [1.29, 1.82) is 0 Å². The van der Waals surface area contributed by atoms with E-state index in [9.17, 15) is 9.59 Å². The molecule has 2 aromatic rings. The summed E-state index contributed by atoms with van der Waals surface area (Å²) < 4.78 is 41.0. The Hall–Kier alpha value is -3.88. The highest BCUT2D eigenvalue weighted by Crippen LogP contribution is 2.33. The largest absolute Gasteiger partial charge is 0.477 e. The number of likely N-dealkylation sites (N-methyl/N-ethyl adjacent to an activating group) is 1. The molecule has 2 aliphatic heterocycles. The number of carbonyl (C=O) groups excluding carboxylic acids is 2. The first kappa shape index (κ1) is 29.6. The van der Waals surface area contributed by atoms with Gasteiger partial charge in [-0.25, -0.2) is 33.3 Å². The van der Waals surface area contributed by atoms with E-state index in [2.05, 4.69) is 35.5 Å². The average molecular weight is 590 g/mol. The van der Waals surface area contributed by atoms with Gasteiger partial charge < -0.3 is 19.3 Å². The van der Waals surface area contributed by atoms with Crippen LogP contribution in [-0.2, 0) is 4.74 Å². The lowest BCUT2D eigenvalue weighted by Crippen LogP contribution is -2.60. The molecular weight excluding hydrogens is 552 g/mol. The molecule has 3 aliphatic rings. The fourth-order valence-electron chi connectivity index (χ4n) is 5.79. The number of halogens is 2. The summed E-state index contributed by atoms with van der Waals surface area (Å²) in [5, 5.41) is 5.16. The van der Waals surface area contributed by atoms with Crippen LogP contribution in [0.25, 0.3) is 0 Å². The van der Waals surface area contributed by atoms with E-state index in [1.165, 1.54) is 44.5 Å². The molecule has 1 aliphatic carbocycles. The number of carbonyl (C=O) groups is 2. The first-order valence-corrected chi connectivity index (χ1v) is 14.4. The molecule has 228 valence electrons. The molecule has 2 saturated heterocycles. The molecule has 0 radical (unpaired) electrons. The van der Waals surface area contributed by atoms with Gasteiger partial charge in [0.25, 0.3) is 5.92 Å². The summed E-state index contributed by atoms with van der Waals surface area (Å²) in [4.78, 5) is 47.2. The van der Waals surface area contributed by atoms with E-state index in [0.29, 0.717) is 6.61 Å². The van der Waals surface area contributed by atoms with E-state index in [1.54, 1.807) is 11.8 Å². The maximum absolute atomic E-state index is 15.0. The predicted octanol–water partition coefficient (Wildman–Crippen LogP) is 3.61. The summed E-state index contributed by atoms with van der Waals surface area (Å²) in [5.41, 5.74) is 0. The van der Waals surface area contributed by atoms with Crippen LogP contribution in [0.1, 0.15) is 45.4 Å². The number of aromatic nitrogens is 4. The summed E-state index contributed by atoms with van der Waals surface area (Å²) in [6, 6.07) is -0.484. The number of alkyl halides is 2. The molecule has 0 spiro atoms. The van der Waals surface area contributed by atoms with Crippen LogP contribution in [0, 0.1) is 0 Å². The van der Waals surface area contributed by atoms with E-state index in [4.69, 9.17) is 9.47 Å². The third-order valence-electron chi connectivity index (χ3n) is 7.98. The molecule has 15 heteroatoms. The van der Waals surface area contributed by atoms with Crippen LogP contribution in [0.3, 0.4) is 0 Å². The van der Waals surface area contributed by atoms with Gasteiger partial charge in [0, 0.05) is 38.8 Å². The van der Waals surface area contributed by atoms with Crippen LogP contribution in [0.5, 0.6) is 5.88 Å². The molecule has 2 N–H and O–H groups in total. The molecule has 5 rings (SSSR count). The zero-order chi connectivity index (χ0) is 29.7. The fraction of sp³-hybridized carbons (Fsp3) is 0.630. The minimum Gasteiger partial charge on any atom is -0.477 e. The van der Waals surface area contributed by atoms with Gasteiger partial charge in [0.1, 0.15) is 18.0 Å². The van der Waals surface area contributed by atoms with Crippen LogP contribution in [0.15, 0.2) is 24.7 Å². The lowest BCUT2D eigenvalue weighted by molar-refractivity contribution is -0.0760. The van der Waals surface area contributed by atoms with Crippen LogP contribution in [-0.4, -0.2) is 106 Å². The van der Waals surface area contributed by atoms with Crippen molar-refractivity contribution >= 4 is 29.7 Å². The van der Waals surface area contributed by atoms with E-state index in [0.717, 1.165) is 37.3 Å². The molecule has 4 heterocycles. The highest BCUT2D eigenvalue weighted by Gasteiger charge is 2.48. The van der Waals surface area contributed by atoms with Crippen molar-refractivity contribution in [3.05, 3.63) is 24.7 Å². The van der Waals surface area contributed by atoms with Gasteiger partial charge in [0.05, 0.1) is 19.0 Å². The molecule has 0 bridgehead atoms. The number of nitrogens with one attached hydrogen (secondary N) is 2. The molecule has 42 heavy (non-hydrogen) atoms. The van der Waals surface area contributed by atoms with Crippen molar-refractivity contribution in [2.24, 2.45) is 0 Å². The number of nitrogens with zero attached hydrogens (tertiary/aromatic N) is 7. The molecular formula is C27H37F2N9O4. The SMILES string of the molecule is CCOc1cnc(NC(=O)N(C)[C@H]2CN(c3nccc(NC(=O)O[C@@H]4CCC[C@H]4N4CCCC4)n3)CCC2(F)F)cn1. The number of piperidine rings is 1. The molecule has 0 aromatic carbocycles. The second kappa shape index (κ2) is 13.0. The van der Waals surface area contributed by atoms with Crippen LogP contribution >= 0.6 is 0 Å². The number of hydrogen-bond donors (Lipinski definition) is 2. The highest BCUT2D eigenvalue weighted by molar-refractivity contribution is 5.88. The van der Waals surface area contributed by atoms with E-state index in [-0.39, 0.29) is 48.7 Å². The van der Waals surface area contributed by atoms with Gasteiger partial charge in [-0.2, -0.15) is 4.98 Å². The van der Waals surface area contributed by atoms with Gasteiger partial charge in [-0.1, -0.05) is 0 Å². The topological polar surface area (TPSA) is 138 Å². The Morgan fingerprint density at radius 2 is 1.88 bits per heavy atom. The maximum Gasteiger partial charge on any atom is 0.413 e. The number of rotatable bonds is 8. The molecule has 0 unspecified atom stereocenters. The van der Waals surface area contributed by atoms with Crippen molar-refractivity contribution < 1.29 is 27.8 Å². The maximum atomic E-state index is 15.0. The van der Waals surface area contributed by atoms with E-state index < -0.39 is 30.5 Å². The lowest BCUT2D eigenvalue weighted by atomic mass is 10.00. The van der Waals surface area contributed by atoms with E-state index >= 15 is 8.78 Å². The van der Waals surface area contributed by atoms with Crippen molar-refractivity contribution in [2.75, 3.05) is 55.4 Å². The Balaban J connectivity index is 1.20. The van der Waals surface area contributed by atoms with Crippen molar-refractivity contribution in [3.63, 3.8) is 0 Å². The van der Waals surface area contributed by atoms with Crippen molar-refractivity contribution in [3.8, 4) is 5.88 Å². The van der Waals surface area contributed by atoms with Crippen molar-refractivity contribution in [2.45, 2.75) is 69.6 Å². The fourth-order valence-corrected chi connectivity index (χ4v) is 5.79. The first-order chi connectivity index (χ1) is 20.2. The van der Waals surface area contributed by atoms with Crippen LogP contribution < -0.4 is 20.3 Å². The van der Waals surface area contributed by atoms with Gasteiger partial charge in [-0.3, -0.25) is 15.5 Å². The van der Waals surface area contributed by atoms with E-state index in [1.807, 2.05) is 0 Å². The summed E-state index contributed by atoms with van der Waals surface area (Å²) in [7, 11) is 1.30. The quantitative estimate of drug-likeness (QED) is 0.470. The Bertz CT molecular complexity index is 1230. The summed E-state index contributed by atoms with van der Waals surface area (Å²) in [5.74, 6) is -2.40. The van der Waals surface area contributed by atoms with Crippen LogP contribution in [0.2, 0.25) is 0 Å². The highest BCUT2D eigenvalue weighted by atomic mass is 19.3. The molecule has 2 aromatic heterocycles. The van der Waals surface area contributed by atoms with Crippen molar-refractivity contribution in [1.82, 2.24) is 29.7 Å². The third-order valence-corrected chi connectivity index (χ3v) is 7.98. The molecule has 13 nitrogen and oxygen atoms in total. The number of anilines is 3. The van der Waals surface area contributed by atoms with Gasteiger partial charge in [-0.05, 0) is 58.2 Å². The normalized spacial score (nSPS) is 23.8. The molecule has 3 atom stereocenters. The molecule has 3 amide bonds. The van der Waals surface area contributed by atoms with Gasteiger partial charge >= 0.3 is 12.1 Å². The Kier molecular flexibility index (Phi) is 9.14. The smallest absolute Gasteiger partial charge is 0.413 e. The number of likely N-dealkylation sites (tertiary alicyclic amines) is 1. The summed E-state index contributed by atoms with van der Waals surface area (Å²) in [6.45, 7) is 4.01. The summed E-state index contributed by atoms with van der Waals surface area (Å²) >= 11 is 0. The zero-order valence-corrected chi connectivity index (χ0v) is 23.8. The number of hydrogen-bond acceptors (Lipinski definition) is 10. The minimum absolute atomic E-state index is 0.0309. The first-order valence-electron chi connectivity index (χ1n) is 14.4. The number of urea groups is 1. The summed E-state index contributed by atoms with van der Waals surface area (Å²) in [6.07, 6.45) is 7.96. The molecule has 3 fully saturated rings. The third kappa shape index (κ3) is 6.94. The number of amides is 3. The van der Waals surface area contributed by atoms with Gasteiger partial charge in [0.15, 0.2) is 5.82 Å². The Morgan fingerprint density at radius 3 is 2.62 bits per heavy atom. The van der Waals surface area contributed by atoms with Crippen LogP contribution in [0.4, 0.5) is 36.0 Å². The Morgan fingerprint density at radius 1 is 1.07 bits per heavy atom. The standard InChI is InChI=1S/C27H37F2N9O4/c1-3-41-23-16-31-22(15-32-23)34-25(39)36(2)20-17-38(14-10-27(20,28)29)24-30-11-9-21(33-24)35-26(40)42-19-8-6-7-18(19)37-12-4-5-13-37/h9,11,15-16,18-20H,3-8,10,12-14,17H2,1-2H3,(H,31,34,39)(H,30,33,35,40)/t18-,19-,20+/m1/s1. The van der Waals surface area contributed by atoms with Gasteiger partial charge in [-0.15, -0.1) is 0 Å². The lowest BCUT2D eigenvalue weighted by Gasteiger charge is -2.42. The minimum atomic E-state index is -3.15. The second-order valence-electron chi connectivity index (χ2n) is 10.7.